The van der Waals surface area contributed by atoms with E-state index >= 15 is 0 Å². The number of nitriles is 1. The Labute approximate surface area is 76.8 Å². The zero-order valence-electron chi connectivity index (χ0n) is 7.31. The second-order valence-corrected chi connectivity index (χ2v) is 4.01. The molecule has 2 fully saturated rings. The lowest BCUT2D eigenvalue weighted by Gasteiger charge is -2.12. The summed E-state index contributed by atoms with van der Waals surface area (Å²) in [6.07, 6.45) is 0.971. The van der Waals surface area contributed by atoms with Crippen molar-refractivity contribution < 1.29 is 9.90 Å². The van der Waals surface area contributed by atoms with E-state index in [1.807, 2.05) is 0 Å². The second kappa shape index (κ2) is 2.91. The number of rotatable bonds is 0. The predicted octanol–water partition coefficient (Wildman–Crippen LogP) is 1.15. The Hall–Kier alpha value is -1.24. The fraction of sp³-hybridized carbons (Fsp3) is 0.778. The zero-order valence-corrected chi connectivity index (χ0v) is 7.31. The van der Waals surface area contributed by atoms with Gasteiger partial charge in [0.1, 0.15) is 0 Å². The minimum Gasteiger partial charge on any atom is -0.465 e. The first kappa shape index (κ1) is 8.36. The van der Waals surface area contributed by atoms with Crippen molar-refractivity contribution in [1.82, 2.24) is 4.90 Å². The van der Waals surface area contributed by atoms with E-state index in [0.29, 0.717) is 24.9 Å². The Kier molecular flexibility index (Phi) is 1.87. The van der Waals surface area contributed by atoms with Crippen molar-refractivity contribution in [2.45, 2.75) is 12.8 Å². The van der Waals surface area contributed by atoms with Crippen LogP contribution in [0.4, 0.5) is 4.79 Å². The van der Waals surface area contributed by atoms with Crippen LogP contribution in [0.1, 0.15) is 12.8 Å². The predicted molar refractivity (Wildman–Crippen MR) is 44.9 cm³/mol. The molecule has 13 heavy (non-hydrogen) atoms. The van der Waals surface area contributed by atoms with E-state index < -0.39 is 6.09 Å². The number of carbonyl (C=O) groups is 1. The third-order valence-corrected chi connectivity index (χ3v) is 3.20. The number of hydrogen-bond acceptors (Lipinski definition) is 2. The first-order valence-electron chi connectivity index (χ1n) is 4.58. The highest BCUT2D eigenvalue weighted by Gasteiger charge is 2.42. The van der Waals surface area contributed by atoms with Gasteiger partial charge in [-0.25, -0.2) is 4.79 Å². The van der Waals surface area contributed by atoms with Crippen LogP contribution in [0.3, 0.4) is 0 Å². The summed E-state index contributed by atoms with van der Waals surface area (Å²) < 4.78 is 0. The number of hydrogen-bond donors (Lipinski definition) is 1. The van der Waals surface area contributed by atoms with Crippen molar-refractivity contribution >= 4 is 6.09 Å². The number of fused-ring (bicyclic) bond motifs is 1. The van der Waals surface area contributed by atoms with E-state index in [1.54, 1.807) is 0 Å². The van der Waals surface area contributed by atoms with Crippen LogP contribution < -0.4 is 0 Å². The van der Waals surface area contributed by atoms with Crippen molar-refractivity contribution in [2.24, 2.45) is 17.8 Å². The molecule has 1 saturated carbocycles. The molecule has 3 atom stereocenters. The topological polar surface area (TPSA) is 64.3 Å². The molecule has 70 valence electrons. The zero-order chi connectivity index (χ0) is 9.42. The number of amides is 1. The van der Waals surface area contributed by atoms with Crippen molar-refractivity contribution in [3.05, 3.63) is 0 Å². The Bertz CT molecular complexity index is 257. The molecular weight excluding hydrogens is 168 g/mol. The monoisotopic (exact) mass is 180 g/mol. The van der Waals surface area contributed by atoms with Gasteiger partial charge in [0, 0.05) is 19.0 Å². The van der Waals surface area contributed by atoms with E-state index in [9.17, 15) is 4.79 Å². The summed E-state index contributed by atoms with van der Waals surface area (Å²) in [7, 11) is 0. The van der Waals surface area contributed by atoms with Crippen LogP contribution in [0, 0.1) is 29.1 Å². The lowest BCUT2D eigenvalue weighted by Crippen LogP contribution is -2.27. The quantitative estimate of drug-likeness (QED) is 0.608. The van der Waals surface area contributed by atoms with Gasteiger partial charge < -0.3 is 10.0 Å². The Morgan fingerprint density at radius 1 is 1.38 bits per heavy atom. The minimum absolute atomic E-state index is 0.172. The Morgan fingerprint density at radius 3 is 2.31 bits per heavy atom. The van der Waals surface area contributed by atoms with Crippen LogP contribution in [-0.4, -0.2) is 29.2 Å². The molecular formula is C9H12N2O2. The van der Waals surface area contributed by atoms with Gasteiger partial charge in [-0.3, -0.25) is 0 Å². The Balaban J connectivity index is 1.98. The van der Waals surface area contributed by atoms with Gasteiger partial charge in [0.15, 0.2) is 0 Å². The fourth-order valence-corrected chi connectivity index (χ4v) is 2.56. The van der Waals surface area contributed by atoms with E-state index in [2.05, 4.69) is 6.07 Å². The van der Waals surface area contributed by atoms with Crippen LogP contribution in [0.25, 0.3) is 0 Å². The first-order valence-corrected chi connectivity index (χ1v) is 4.58. The maximum atomic E-state index is 10.6. The molecule has 1 saturated heterocycles. The first-order chi connectivity index (χ1) is 6.20. The van der Waals surface area contributed by atoms with Crippen LogP contribution in [-0.2, 0) is 0 Å². The SMILES string of the molecule is N#CC1C[C@@H]2CN(C(=O)O)C[C@@H]2C1. The van der Waals surface area contributed by atoms with E-state index in [-0.39, 0.29) is 5.92 Å². The molecule has 1 unspecified atom stereocenters. The van der Waals surface area contributed by atoms with Gasteiger partial charge >= 0.3 is 6.09 Å². The largest absolute Gasteiger partial charge is 0.465 e. The van der Waals surface area contributed by atoms with E-state index in [4.69, 9.17) is 10.4 Å². The normalized spacial score (nSPS) is 37.2. The summed E-state index contributed by atoms with van der Waals surface area (Å²) in [6.45, 7) is 1.27. The molecule has 0 spiro atoms. The van der Waals surface area contributed by atoms with Gasteiger partial charge in [-0.05, 0) is 24.7 Å². The molecule has 2 aliphatic rings. The summed E-state index contributed by atoms with van der Waals surface area (Å²) in [5, 5.41) is 17.5. The number of carboxylic acid groups (broad SMARTS) is 1. The van der Waals surface area contributed by atoms with Gasteiger partial charge in [0.05, 0.1) is 6.07 Å². The maximum absolute atomic E-state index is 10.6. The van der Waals surface area contributed by atoms with E-state index in [0.717, 1.165) is 12.8 Å². The Morgan fingerprint density at radius 2 is 1.92 bits per heavy atom. The van der Waals surface area contributed by atoms with Crippen molar-refractivity contribution in [3.63, 3.8) is 0 Å². The lowest BCUT2D eigenvalue weighted by molar-refractivity contribution is 0.151. The average Bonchev–Trinajstić information content (AvgIpc) is 2.58. The highest BCUT2D eigenvalue weighted by molar-refractivity contribution is 5.65. The molecule has 0 radical (unpaired) electrons. The maximum Gasteiger partial charge on any atom is 0.407 e. The average molecular weight is 180 g/mol. The standard InChI is InChI=1S/C9H12N2O2/c10-3-6-1-7-4-11(9(12)13)5-8(7)2-6/h6-8H,1-2,4-5H2,(H,12,13)/t6?,7-,8+. The second-order valence-electron chi connectivity index (χ2n) is 4.01. The minimum atomic E-state index is -0.817. The molecule has 4 nitrogen and oxygen atoms in total. The van der Waals surface area contributed by atoms with Crippen molar-refractivity contribution in [1.29, 1.82) is 5.26 Å². The fourth-order valence-electron chi connectivity index (χ4n) is 2.56. The molecule has 1 aliphatic carbocycles. The summed E-state index contributed by atoms with van der Waals surface area (Å²) in [4.78, 5) is 12.1. The molecule has 0 aromatic heterocycles. The molecule has 1 N–H and O–H groups in total. The summed E-state index contributed by atoms with van der Waals surface area (Å²) in [6, 6.07) is 2.27. The third kappa shape index (κ3) is 1.35. The van der Waals surface area contributed by atoms with Gasteiger partial charge in [-0.2, -0.15) is 5.26 Å². The highest BCUT2D eigenvalue weighted by Crippen LogP contribution is 2.40. The summed E-state index contributed by atoms with van der Waals surface area (Å²) >= 11 is 0. The van der Waals surface area contributed by atoms with Gasteiger partial charge in [0.2, 0.25) is 0 Å². The molecule has 1 aliphatic heterocycles. The summed E-state index contributed by atoms with van der Waals surface area (Å²) in [5.74, 6) is 1.06. The molecule has 0 aromatic carbocycles. The molecule has 1 heterocycles. The molecule has 4 heteroatoms. The van der Waals surface area contributed by atoms with Crippen LogP contribution in [0.15, 0.2) is 0 Å². The van der Waals surface area contributed by atoms with Gasteiger partial charge in [-0.1, -0.05) is 0 Å². The van der Waals surface area contributed by atoms with Crippen molar-refractivity contribution in [3.8, 4) is 6.07 Å². The summed E-state index contributed by atoms with van der Waals surface area (Å²) in [5.41, 5.74) is 0. The lowest BCUT2D eigenvalue weighted by atomic mass is 10.0. The smallest absolute Gasteiger partial charge is 0.407 e. The molecule has 0 aromatic rings. The van der Waals surface area contributed by atoms with E-state index in [1.165, 1.54) is 4.90 Å². The third-order valence-electron chi connectivity index (χ3n) is 3.20. The van der Waals surface area contributed by atoms with Crippen LogP contribution in [0.5, 0.6) is 0 Å². The van der Waals surface area contributed by atoms with Gasteiger partial charge in [-0.15, -0.1) is 0 Å². The number of nitrogens with zero attached hydrogens (tertiary/aromatic N) is 2. The number of likely N-dealkylation sites (tertiary alicyclic amines) is 1. The molecule has 1 amide bonds. The highest BCUT2D eigenvalue weighted by atomic mass is 16.4. The van der Waals surface area contributed by atoms with Crippen molar-refractivity contribution in [2.75, 3.05) is 13.1 Å². The van der Waals surface area contributed by atoms with Crippen LogP contribution >= 0.6 is 0 Å². The molecule has 2 rings (SSSR count). The molecule has 0 bridgehead atoms. The van der Waals surface area contributed by atoms with Crippen LogP contribution in [0.2, 0.25) is 0 Å². The van der Waals surface area contributed by atoms with Gasteiger partial charge in [0.25, 0.3) is 0 Å².